The molecule has 1 saturated carbocycles. The van der Waals surface area contributed by atoms with Gasteiger partial charge in [0.2, 0.25) is 5.91 Å². The molecular weight excluding hydrogens is 391 g/mol. The number of carbonyl (C=O) groups excluding carboxylic acids is 1. The molecule has 5 nitrogen and oxygen atoms in total. The van der Waals surface area contributed by atoms with Crippen LogP contribution in [0, 0.1) is 0 Å². The highest BCUT2D eigenvalue weighted by atomic mass is 127. The molecule has 0 aliphatic heterocycles. The second-order valence-corrected chi connectivity index (χ2v) is 5.87. The number of amides is 1. The minimum absolute atomic E-state index is 0. The van der Waals surface area contributed by atoms with Crippen molar-refractivity contribution in [3.8, 4) is 0 Å². The smallest absolute Gasteiger partial charge is 0.222 e. The number of guanidine groups is 1. The van der Waals surface area contributed by atoms with Gasteiger partial charge in [-0.1, -0.05) is 26.2 Å². The monoisotopic (exact) mass is 424 g/mol. The van der Waals surface area contributed by atoms with E-state index in [1.165, 1.54) is 32.1 Å². The van der Waals surface area contributed by atoms with Gasteiger partial charge in [0.15, 0.2) is 5.96 Å². The highest BCUT2D eigenvalue weighted by molar-refractivity contribution is 14.0. The lowest BCUT2D eigenvalue weighted by Gasteiger charge is -2.24. The molecule has 22 heavy (non-hydrogen) atoms. The Labute approximate surface area is 152 Å². The zero-order valence-corrected chi connectivity index (χ0v) is 16.6. The summed E-state index contributed by atoms with van der Waals surface area (Å²) in [5, 5.41) is 9.72. The van der Waals surface area contributed by atoms with Gasteiger partial charge in [0.25, 0.3) is 0 Å². The number of rotatable bonds is 7. The third-order valence-electron chi connectivity index (χ3n) is 3.92. The van der Waals surface area contributed by atoms with Gasteiger partial charge in [0.1, 0.15) is 0 Å². The van der Waals surface area contributed by atoms with E-state index in [1.54, 1.807) is 0 Å². The van der Waals surface area contributed by atoms with Gasteiger partial charge in [-0.25, -0.2) is 0 Å². The van der Waals surface area contributed by atoms with E-state index in [9.17, 15) is 4.79 Å². The summed E-state index contributed by atoms with van der Waals surface area (Å²) in [5.41, 5.74) is 0. The van der Waals surface area contributed by atoms with E-state index < -0.39 is 0 Å². The van der Waals surface area contributed by atoms with Crippen LogP contribution >= 0.6 is 24.0 Å². The molecule has 0 aromatic rings. The van der Waals surface area contributed by atoms with E-state index in [2.05, 4.69) is 34.8 Å². The van der Waals surface area contributed by atoms with Crippen molar-refractivity contribution in [1.29, 1.82) is 0 Å². The van der Waals surface area contributed by atoms with E-state index >= 15 is 0 Å². The fourth-order valence-corrected chi connectivity index (χ4v) is 2.48. The summed E-state index contributed by atoms with van der Waals surface area (Å²) in [5.74, 6) is 0.933. The molecule has 1 aliphatic rings. The molecule has 0 radical (unpaired) electrons. The molecule has 130 valence electrons. The first-order chi connectivity index (χ1) is 10.2. The van der Waals surface area contributed by atoms with Crippen molar-refractivity contribution in [2.24, 2.45) is 4.99 Å². The molecular formula is C16H33IN4O. The normalized spacial score (nSPS) is 17.3. The Morgan fingerprint density at radius 2 is 1.91 bits per heavy atom. The predicted molar refractivity (Wildman–Crippen MR) is 104 cm³/mol. The maximum absolute atomic E-state index is 11.7. The largest absolute Gasteiger partial charge is 0.357 e. The Balaban J connectivity index is 0.00000441. The molecule has 1 atom stereocenters. The molecule has 0 aromatic carbocycles. The molecule has 1 fully saturated rings. The molecule has 0 aromatic heterocycles. The zero-order valence-electron chi connectivity index (χ0n) is 14.3. The van der Waals surface area contributed by atoms with Crippen molar-refractivity contribution in [3.05, 3.63) is 0 Å². The standard InChI is InChI=1S/C16H32N4O.HI/c1-4-13(3)19-15(21)11-12-18-16(17-5-2)20-14-9-7-6-8-10-14;/h13-14H,4-12H2,1-3H3,(H,19,21)(H2,17,18,20);1H. The van der Waals surface area contributed by atoms with E-state index in [0.717, 1.165) is 18.9 Å². The lowest BCUT2D eigenvalue weighted by atomic mass is 9.96. The van der Waals surface area contributed by atoms with Gasteiger partial charge in [0.05, 0.1) is 6.54 Å². The number of aliphatic imine (C=N–C) groups is 1. The van der Waals surface area contributed by atoms with Crippen LogP contribution in [0.2, 0.25) is 0 Å². The molecule has 0 saturated heterocycles. The van der Waals surface area contributed by atoms with Crippen molar-refractivity contribution in [2.45, 2.75) is 77.8 Å². The van der Waals surface area contributed by atoms with Crippen LogP contribution in [0.15, 0.2) is 4.99 Å². The number of nitrogens with one attached hydrogen (secondary N) is 3. The van der Waals surface area contributed by atoms with Gasteiger partial charge in [-0.15, -0.1) is 24.0 Å². The highest BCUT2D eigenvalue weighted by Crippen LogP contribution is 2.17. The van der Waals surface area contributed by atoms with E-state index in [1.807, 2.05) is 6.92 Å². The quantitative estimate of drug-likeness (QED) is 0.335. The van der Waals surface area contributed by atoms with Crippen molar-refractivity contribution in [3.63, 3.8) is 0 Å². The molecule has 3 N–H and O–H groups in total. The number of carbonyl (C=O) groups is 1. The molecule has 1 amide bonds. The molecule has 0 bridgehead atoms. The Hall–Kier alpha value is -0.530. The maximum atomic E-state index is 11.7. The summed E-state index contributed by atoms with van der Waals surface area (Å²) >= 11 is 0. The summed E-state index contributed by atoms with van der Waals surface area (Å²) in [6.45, 7) is 7.53. The van der Waals surface area contributed by atoms with Gasteiger partial charge in [0, 0.05) is 25.0 Å². The minimum Gasteiger partial charge on any atom is -0.357 e. The van der Waals surface area contributed by atoms with E-state index in [4.69, 9.17) is 0 Å². The number of hydrogen-bond acceptors (Lipinski definition) is 2. The second-order valence-electron chi connectivity index (χ2n) is 5.87. The molecule has 1 unspecified atom stereocenters. The highest BCUT2D eigenvalue weighted by Gasteiger charge is 2.14. The third-order valence-corrected chi connectivity index (χ3v) is 3.92. The number of nitrogens with zero attached hydrogens (tertiary/aromatic N) is 1. The Bertz CT molecular complexity index is 330. The van der Waals surface area contributed by atoms with Crippen molar-refractivity contribution < 1.29 is 4.79 Å². The van der Waals surface area contributed by atoms with E-state index in [-0.39, 0.29) is 35.9 Å². The number of hydrogen-bond donors (Lipinski definition) is 3. The van der Waals surface area contributed by atoms with Crippen molar-refractivity contribution >= 4 is 35.8 Å². The lowest BCUT2D eigenvalue weighted by molar-refractivity contribution is -0.121. The van der Waals surface area contributed by atoms with Crippen LogP contribution in [0.3, 0.4) is 0 Å². The maximum Gasteiger partial charge on any atom is 0.222 e. The molecule has 0 spiro atoms. The summed E-state index contributed by atoms with van der Waals surface area (Å²) < 4.78 is 0. The zero-order chi connectivity index (χ0) is 15.5. The molecule has 6 heteroatoms. The summed E-state index contributed by atoms with van der Waals surface area (Å²) in [6, 6.07) is 0.778. The van der Waals surface area contributed by atoms with Crippen LogP contribution in [0.4, 0.5) is 0 Å². The molecule has 1 aliphatic carbocycles. The van der Waals surface area contributed by atoms with Crippen molar-refractivity contribution in [1.82, 2.24) is 16.0 Å². The summed E-state index contributed by atoms with van der Waals surface area (Å²) in [4.78, 5) is 16.2. The lowest BCUT2D eigenvalue weighted by Crippen LogP contribution is -2.44. The first-order valence-corrected chi connectivity index (χ1v) is 8.49. The van der Waals surface area contributed by atoms with Crippen molar-refractivity contribution in [2.75, 3.05) is 13.1 Å². The van der Waals surface area contributed by atoms with E-state index in [0.29, 0.717) is 19.0 Å². The average molecular weight is 424 g/mol. The van der Waals surface area contributed by atoms with Gasteiger partial charge >= 0.3 is 0 Å². The van der Waals surface area contributed by atoms with Crippen LogP contribution in [-0.2, 0) is 4.79 Å². The van der Waals surface area contributed by atoms with Crippen LogP contribution in [0.5, 0.6) is 0 Å². The van der Waals surface area contributed by atoms with Gasteiger partial charge in [-0.05, 0) is 33.1 Å². The van der Waals surface area contributed by atoms with Crippen LogP contribution in [0.25, 0.3) is 0 Å². The fraction of sp³-hybridized carbons (Fsp3) is 0.875. The topological polar surface area (TPSA) is 65.5 Å². The minimum atomic E-state index is 0. The molecule has 1 rings (SSSR count). The van der Waals surface area contributed by atoms with Gasteiger partial charge < -0.3 is 16.0 Å². The first-order valence-electron chi connectivity index (χ1n) is 8.49. The molecule has 0 heterocycles. The van der Waals surface area contributed by atoms with Crippen LogP contribution < -0.4 is 16.0 Å². The fourth-order valence-electron chi connectivity index (χ4n) is 2.48. The predicted octanol–water partition coefficient (Wildman–Crippen LogP) is 2.80. The SMILES string of the molecule is CCNC(=NCCC(=O)NC(C)CC)NC1CCCCC1.I. The number of halogens is 1. The third kappa shape index (κ3) is 9.48. The summed E-state index contributed by atoms with van der Waals surface area (Å²) in [7, 11) is 0. The average Bonchev–Trinajstić information content (AvgIpc) is 2.48. The Kier molecular flexibility index (Phi) is 12.6. The van der Waals surface area contributed by atoms with Crippen LogP contribution in [-0.4, -0.2) is 37.0 Å². The first kappa shape index (κ1) is 21.5. The van der Waals surface area contributed by atoms with Gasteiger partial charge in [-0.2, -0.15) is 0 Å². The van der Waals surface area contributed by atoms with Crippen LogP contribution in [0.1, 0.15) is 65.7 Å². The summed E-state index contributed by atoms with van der Waals surface area (Å²) in [6.07, 6.45) is 7.80. The Morgan fingerprint density at radius 3 is 2.50 bits per heavy atom. The second kappa shape index (κ2) is 13.0. The Morgan fingerprint density at radius 1 is 1.23 bits per heavy atom. The van der Waals surface area contributed by atoms with Gasteiger partial charge in [-0.3, -0.25) is 9.79 Å².